The Hall–Kier alpha value is -3.54. The van der Waals surface area contributed by atoms with Gasteiger partial charge in [0.05, 0.1) is 18.4 Å². The number of rotatable bonds is 4. The Morgan fingerprint density at radius 1 is 1.18 bits per heavy atom. The van der Waals surface area contributed by atoms with Crippen molar-refractivity contribution in [3.8, 4) is 11.5 Å². The Bertz CT molecular complexity index is 1230. The molecule has 9 nitrogen and oxygen atoms in total. The van der Waals surface area contributed by atoms with E-state index in [1.54, 1.807) is 26.1 Å². The molecule has 1 aliphatic heterocycles. The molecule has 0 saturated carbocycles. The topological polar surface area (TPSA) is 121 Å². The lowest BCUT2D eigenvalue weighted by Gasteiger charge is -2.39. The van der Waals surface area contributed by atoms with Gasteiger partial charge in [0, 0.05) is 48.5 Å². The van der Waals surface area contributed by atoms with Gasteiger partial charge in [0.1, 0.15) is 11.5 Å². The molecule has 0 aliphatic carbocycles. The molecule has 2 atom stereocenters. The number of imidazole rings is 1. The van der Waals surface area contributed by atoms with Gasteiger partial charge in [0.2, 0.25) is 0 Å². The summed E-state index contributed by atoms with van der Waals surface area (Å²) in [6.07, 6.45) is 0.379. The maximum absolute atomic E-state index is 13.1. The number of halogens is 3. The first kappa shape index (κ1) is 22.6. The number of aromatic nitrogens is 5. The van der Waals surface area contributed by atoms with E-state index in [1.807, 2.05) is 6.92 Å². The van der Waals surface area contributed by atoms with E-state index in [2.05, 4.69) is 30.2 Å². The minimum Gasteiger partial charge on any atom is -0.402 e. The van der Waals surface area contributed by atoms with Gasteiger partial charge >= 0.3 is 6.18 Å². The smallest absolute Gasteiger partial charge is 0.402 e. The van der Waals surface area contributed by atoms with Crippen LogP contribution < -0.4 is 16.0 Å². The number of hydrogen-bond donors (Lipinski definition) is 3. The van der Waals surface area contributed by atoms with E-state index in [1.165, 1.54) is 10.6 Å². The number of piperazine rings is 1. The highest BCUT2D eigenvalue weighted by molar-refractivity contribution is 5.97. The van der Waals surface area contributed by atoms with Crippen LogP contribution in [0.2, 0.25) is 0 Å². The molecule has 0 spiro atoms. The summed E-state index contributed by atoms with van der Waals surface area (Å²) in [5.41, 5.74) is 7.32. The number of alkyl halides is 3. The van der Waals surface area contributed by atoms with E-state index in [9.17, 15) is 13.2 Å². The summed E-state index contributed by atoms with van der Waals surface area (Å²) in [4.78, 5) is 18.5. The largest absolute Gasteiger partial charge is 0.434 e. The zero-order valence-electron chi connectivity index (χ0n) is 18.4. The van der Waals surface area contributed by atoms with Gasteiger partial charge in [-0.25, -0.2) is 19.9 Å². The molecule has 12 heteroatoms. The molecular formula is C21H24F3N9. The zero-order chi connectivity index (χ0) is 23.9. The van der Waals surface area contributed by atoms with E-state index < -0.39 is 11.9 Å². The molecule has 1 aliphatic rings. The lowest BCUT2D eigenvalue weighted by molar-refractivity contribution is -0.141. The highest BCUT2D eigenvalue weighted by atomic mass is 19.4. The average Bonchev–Trinajstić information content (AvgIpc) is 3.15. The van der Waals surface area contributed by atoms with Crippen LogP contribution in [0.3, 0.4) is 0 Å². The van der Waals surface area contributed by atoms with E-state index in [4.69, 9.17) is 11.1 Å². The van der Waals surface area contributed by atoms with Crippen LogP contribution in [0.4, 0.5) is 19.0 Å². The van der Waals surface area contributed by atoms with Crippen LogP contribution in [0.15, 0.2) is 42.1 Å². The summed E-state index contributed by atoms with van der Waals surface area (Å²) in [5, 5.41) is 11.6. The van der Waals surface area contributed by atoms with E-state index >= 15 is 0 Å². The molecule has 1 saturated heterocycles. The lowest BCUT2D eigenvalue weighted by atomic mass is 9.97. The SMILES string of the molecule is CC(=N)C(=C(C)N)C1CN(c2ccnc(-c3cnc4cnc(C(F)(F)F)cn34)n2)CC(C)N1. The molecule has 1 fully saturated rings. The van der Waals surface area contributed by atoms with Crippen molar-refractivity contribution in [1.29, 1.82) is 5.41 Å². The molecule has 3 aromatic heterocycles. The maximum atomic E-state index is 13.1. The van der Waals surface area contributed by atoms with Crippen LogP contribution >= 0.6 is 0 Å². The van der Waals surface area contributed by atoms with Gasteiger partial charge in [-0.1, -0.05) is 0 Å². The van der Waals surface area contributed by atoms with Crippen LogP contribution in [0, 0.1) is 5.41 Å². The molecule has 33 heavy (non-hydrogen) atoms. The van der Waals surface area contributed by atoms with Crippen molar-refractivity contribution in [2.24, 2.45) is 5.73 Å². The molecule has 0 aromatic carbocycles. The first-order valence-corrected chi connectivity index (χ1v) is 10.3. The van der Waals surface area contributed by atoms with Crippen molar-refractivity contribution in [2.75, 3.05) is 18.0 Å². The molecule has 4 heterocycles. The molecule has 2 unspecified atom stereocenters. The van der Waals surface area contributed by atoms with Gasteiger partial charge < -0.3 is 21.4 Å². The fourth-order valence-electron chi connectivity index (χ4n) is 4.12. The fourth-order valence-corrected chi connectivity index (χ4v) is 4.12. The summed E-state index contributed by atoms with van der Waals surface area (Å²) in [5.74, 6) is 0.867. The van der Waals surface area contributed by atoms with Crippen LogP contribution in [0.5, 0.6) is 0 Å². The van der Waals surface area contributed by atoms with Crippen LogP contribution in [-0.2, 0) is 6.18 Å². The van der Waals surface area contributed by atoms with Crippen molar-refractivity contribution < 1.29 is 13.2 Å². The Kier molecular flexibility index (Phi) is 5.78. The standard InChI is InChI=1S/C21H24F3N9/c1-11-8-32(9-14(30-11)19(12(2)25)13(3)26)17-4-5-27-20(31-17)15-6-29-18-7-28-16(10-33(15)18)21(22,23)24/h4-7,10-11,14,25,30H,8-9,26H2,1-3H3. The lowest BCUT2D eigenvalue weighted by Crippen LogP contribution is -2.57. The average molecular weight is 459 g/mol. The van der Waals surface area contributed by atoms with E-state index in [0.29, 0.717) is 36.0 Å². The quantitative estimate of drug-likeness (QED) is 0.513. The highest BCUT2D eigenvalue weighted by Crippen LogP contribution is 2.29. The Morgan fingerprint density at radius 2 is 1.94 bits per heavy atom. The molecule has 0 bridgehead atoms. The van der Waals surface area contributed by atoms with Crippen LogP contribution in [-0.4, -0.2) is 55.2 Å². The van der Waals surface area contributed by atoms with Crippen molar-refractivity contribution in [3.05, 3.63) is 47.8 Å². The Balaban J connectivity index is 1.70. The molecule has 4 rings (SSSR count). The van der Waals surface area contributed by atoms with Gasteiger partial charge in [-0.2, -0.15) is 13.2 Å². The number of fused-ring (bicyclic) bond motifs is 1. The van der Waals surface area contributed by atoms with Crippen LogP contribution in [0.1, 0.15) is 26.5 Å². The summed E-state index contributed by atoms with van der Waals surface area (Å²) < 4.78 is 40.7. The molecule has 3 aromatic rings. The molecule has 4 N–H and O–H groups in total. The Labute approximate surface area is 188 Å². The molecule has 0 radical (unpaired) electrons. The normalized spacial score (nSPS) is 20.1. The minimum absolute atomic E-state index is 0.0899. The monoisotopic (exact) mass is 459 g/mol. The molecular weight excluding hydrogens is 435 g/mol. The number of allylic oxidation sites excluding steroid dienone is 1. The third-order valence-corrected chi connectivity index (χ3v) is 5.44. The summed E-state index contributed by atoms with van der Waals surface area (Å²) in [6, 6.07) is 1.68. The van der Waals surface area contributed by atoms with Gasteiger partial charge in [-0.05, 0) is 26.8 Å². The Morgan fingerprint density at radius 3 is 2.61 bits per heavy atom. The number of nitrogens with two attached hydrogens (primary N) is 1. The number of nitrogens with one attached hydrogen (secondary N) is 2. The zero-order valence-corrected chi connectivity index (χ0v) is 18.4. The second-order valence-electron chi connectivity index (χ2n) is 8.13. The first-order chi connectivity index (χ1) is 15.5. The summed E-state index contributed by atoms with van der Waals surface area (Å²) in [7, 11) is 0. The van der Waals surface area contributed by atoms with E-state index in [-0.39, 0.29) is 23.6 Å². The molecule has 0 amide bonds. The van der Waals surface area contributed by atoms with Crippen LogP contribution in [0.25, 0.3) is 17.2 Å². The van der Waals surface area contributed by atoms with Gasteiger partial charge in [0.15, 0.2) is 17.2 Å². The number of anilines is 1. The third kappa shape index (κ3) is 4.51. The van der Waals surface area contributed by atoms with Gasteiger partial charge in [-0.3, -0.25) is 4.40 Å². The van der Waals surface area contributed by atoms with Gasteiger partial charge in [-0.15, -0.1) is 0 Å². The predicted molar refractivity (Wildman–Crippen MR) is 118 cm³/mol. The predicted octanol–water partition coefficient (Wildman–Crippen LogP) is 2.64. The van der Waals surface area contributed by atoms with Gasteiger partial charge in [0.25, 0.3) is 0 Å². The van der Waals surface area contributed by atoms with Crippen molar-refractivity contribution in [3.63, 3.8) is 0 Å². The second kappa shape index (κ2) is 8.43. The van der Waals surface area contributed by atoms with Crippen molar-refractivity contribution in [1.82, 2.24) is 29.7 Å². The number of nitrogens with zero attached hydrogens (tertiary/aromatic N) is 6. The fraction of sp³-hybridized carbons (Fsp3) is 0.381. The maximum Gasteiger partial charge on any atom is 0.434 e. The summed E-state index contributed by atoms with van der Waals surface area (Å²) >= 11 is 0. The second-order valence-corrected chi connectivity index (χ2v) is 8.13. The van der Waals surface area contributed by atoms with E-state index in [0.717, 1.165) is 18.0 Å². The summed E-state index contributed by atoms with van der Waals surface area (Å²) in [6.45, 7) is 6.68. The molecule has 174 valence electrons. The first-order valence-electron chi connectivity index (χ1n) is 10.3. The third-order valence-electron chi connectivity index (χ3n) is 5.44. The number of hydrogen-bond acceptors (Lipinski definition) is 8. The minimum atomic E-state index is -4.58. The van der Waals surface area contributed by atoms with Crippen molar-refractivity contribution >= 4 is 17.2 Å². The van der Waals surface area contributed by atoms with Crippen molar-refractivity contribution in [2.45, 2.75) is 39.0 Å². The highest BCUT2D eigenvalue weighted by Gasteiger charge is 2.33.